The fourth-order valence-electron chi connectivity index (χ4n) is 1.59. The predicted molar refractivity (Wildman–Crippen MR) is 74.1 cm³/mol. The average Bonchev–Trinajstić information content (AvgIpc) is 2.38. The second-order valence-corrected chi connectivity index (χ2v) is 5.01. The van der Waals surface area contributed by atoms with Gasteiger partial charge in [0.2, 0.25) is 0 Å². The smallest absolute Gasteiger partial charge is 0.140 e. The van der Waals surface area contributed by atoms with E-state index >= 15 is 0 Å². The van der Waals surface area contributed by atoms with Gasteiger partial charge < -0.3 is 5.73 Å². The summed E-state index contributed by atoms with van der Waals surface area (Å²) in [5, 5.41) is 8.78. The SMILES string of the molecule is Cc1ccc(SCc2ccnc(C#N)c2)c(N)c1. The van der Waals surface area contributed by atoms with Gasteiger partial charge in [-0.1, -0.05) is 6.07 Å². The lowest BCUT2D eigenvalue weighted by Gasteiger charge is -2.06. The molecule has 0 aliphatic rings. The van der Waals surface area contributed by atoms with Gasteiger partial charge in [0.15, 0.2) is 0 Å². The molecule has 0 amide bonds. The highest BCUT2D eigenvalue weighted by Crippen LogP contribution is 2.28. The molecule has 2 aromatic rings. The molecule has 2 N–H and O–H groups in total. The number of nitrogens with zero attached hydrogens (tertiary/aromatic N) is 2. The maximum Gasteiger partial charge on any atom is 0.140 e. The van der Waals surface area contributed by atoms with Gasteiger partial charge >= 0.3 is 0 Å². The Kier molecular flexibility index (Phi) is 3.85. The molecule has 0 saturated heterocycles. The van der Waals surface area contributed by atoms with E-state index in [1.165, 1.54) is 0 Å². The number of aromatic nitrogens is 1. The Labute approximate surface area is 111 Å². The summed E-state index contributed by atoms with van der Waals surface area (Å²) in [6.07, 6.45) is 1.66. The molecule has 1 aromatic heterocycles. The van der Waals surface area contributed by atoms with Crippen molar-refractivity contribution in [3.63, 3.8) is 0 Å². The second kappa shape index (κ2) is 5.56. The first kappa shape index (κ1) is 12.5. The van der Waals surface area contributed by atoms with E-state index in [1.807, 2.05) is 37.3 Å². The molecule has 0 aliphatic heterocycles. The van der Waals surface area contributed by atoms with Crippen LogP contribution in [0, 0.1) is 18.3 Å². The summed E-state index contributed by atoms with van der Waals surface area (Å²) in [5.41, 5.74) is 9.44. The third kappa shape index (κ3) is 3.02. The van der Waals surface area contributed by atoms with E-state index in [0.29, 0.717) is 5.69 Å². The summed E-state index contributed by atoms with van der Waals surface area (Å²) >= 11 is 1.67. The number of rotatable bonds is 3. The minimum Gasteiger partial charge on any atom is -0.398 e. The van der Waals surface area contributed by atoms with E-state index in [4.69, 9.17) is 11.0 Å². The molecule has 4 heteroatoms. The molecule has 2 rings (SSSR count). The Balaban J connectivity index is 2.09. The standard InChI is InChI=1S/C14H13N3S/c1-10-2-3-14(13(16)6-10)18-9-11-4-5-17-12(7-11)8-15/h2-7H,9,16H2,1H3. The van der Waals surface area contributed by atoms with E-state index in [9.17, 15) is 0 Å². The molecule has 0 radical (unpaired) electrons. The van der Waals surface area contributed by atoms with Crippen molar-refractivity contribution in [2.45, 2.75) is 17.6 Å². The van der Waals surface area contributed by atoms with Crippen LogP contribution < -0.4 is 5.73 Å². The third-order valence-electron chi connectivity index (χ3n) is 2.50. The molecule has 0 unspecified atom stereocenters. The topological polar surface area (TPSA) is 62.7 Å². The van der Waals surface area contributed by atoms with Crippen molar-refractivity contribution in [3.05, 3.63) is 53.3 Å². The fourth-order valence-corrected chi connectivity index (χ4v) is 2.48. The molecule has 0 fully saturated rings. The molecule has 1 heterocycles. The van der Waals surface area contributed by atoms with Gasteiger partial charge in [0.1, 0.15) is 11.8 Å². The zero-order chi connectivity index (χ0) is 13.0. The molecule has 0 bridgehead atoms. The van der Waals surface area contributed by atoms with Gasteiger partial charge in [-0.15, -0.1) is 11.8 Å². The number of hydrogen-bond acceptors (Lipinski definition) is 4. The molecule has 1 aromatic carbocycles. The lowest BCUT2D eigenvalue weighted by Crippen LogP contribution is -1.91. The van der Waals surface area contributed by atoms with Gasteiger partial charge in [0, 0.05) is 22.5 Å². The van der Waals surface area contributed by atoms with Gasteiger partial charge in [-0.2, -0.15) is 5.26 Å². The summed E-state index contributed by atoms with van der Waals surface area (Å²) in [4.78, 5) is 5.01. The third-order valence-corrected chi connectivity index (χ3v) is 3.66. The number of nitriles is 1. The van der Waals surface area contributed by atoms with Gasteiger partial charge in [-0.3, -0.25) is 0 Å². The Hall–Kier alpha value is -1.99. The Morgan fingerprint density at radius 2 is 2.17 bits per heavy atom. The molecule has 0 spiro atoms. The van der Waals surface area contributed by atoms with Crippen molar-refractivity contribution < 1.29 is 0 Å². The van der Waals surface area contributed by atoms with E-state index < -0.39 is 0 Å². The average molecular weight is 255 g/mol. The van der Waals surface area contributed by atoms with Crippen molar-refractivity contribution in [2.24, 2.45) is 0 Å². The maximum atomic E-state index is 8.78. The van der Waals surface area contributed by atoms with Crippen molar-refractivity contribution in [1.29, 1.82) is 5.26 Å². The number of aryl methyl sites for hydroxylation is 1. The second-order valence-electron chi connectivity index (χ2n) is 3.99. The summed E-state index contributed by atoms with van der Waals surface area (Å²) in [6, 6.07) is 11.8. The van der Waals surface area contributed by atoms with Gasteiger partial charge in [0.05, 0.1) is 0 Å². The zero-order valence-electron chi connectivity index (χ0n) is 10.1. The summed E-state index contributed by atoms with van der Waals surface area (Å²) in [5.74, 6) is 0.782. The minimum absolute atomic E-state index is 0.449. The fraction of sp³-hybridized carbons (Fsp3) is 0.143. The molecular formula is C14H13N3S. The van der Waals surface area contributed by atoms with Gasteiger partial charge in [-0.25, -0.2) is 4.98 Å². The van der Waals surface area contributed by atoms with Crippen LogP contribution >= 0.6 is 11.8 Å². The minimum atomic E-state index is 0.449. The lowest BCUT2D eigenvalue weighted by atomic mass is 10.2. The monoisotopic (exact) mass is 255 g/mol. The predicted octanol–water partition coefficient (Wildman–Crippen LogP) is 3.14. The van der Waals surface area contributed by atoms with E-state index in [-0.39, 0.29) is 0 Å². The Morgan fingerprint density at radius 3 is 2.89 bits per heavy atom. The lowest BCUT2D eigenvalue weighted by molar-refractivity contribution is 1.22. The molecule has 90 valence electrons. The van der Waals surface area contributed by atoms with Crippen LogP contribution in [0.3, 0.4) is 0 Å². The molecular weight excluding hydrogens is 242 g/mol. The number of nitrogen functional groups attached to an aromatic ring is 1. The number of pyridine rings is 1. The van der Waals surface area contributed by atoms with E-state index in [1.54, 1.807) is 24.0 Å². The molecule has 0 aliphatic carbocycles. The highest BCUT2D eigenvalue weighted by Gasteiger charge is 2.02. The van der Waals surface area contributed by atoms with Crippen LogP contribution in [0.4, 0.5) is 5.69 Å². The van der Waals surface area contributed by atoms with Crippen LogP contribution in [0.25, 0.3) is 0 Å². The Morgan fingerprint density at radius 1 is 1.33 bits per heavy atom. The first-order chi connectivity index (χ1) is 8.69. The molecule has 0 atom stereocenters. The largest absolute Gasteiger partial charge is 0.398 e. The number of hydrogen-bond donors (Lipinski definition) is 1. The van der Waals surface area contributed by atoms with Crippen LogP contribution in [0.5, 0.6) is 0 Å². The van der Waals surface area contributed by atoms with E-state index in [2.05, 4.69) is 4.98 Å². The van der Waals surface area contributed by atoms with Crippen molar-refractivity contribution >= 4 is 17.4 Å². The summed E-state index contributed by atoms with van der Waals surface area (Å²) in [7, 11) is 0. The highest BCUT2D eigenvalue weighted by atomic mass is 32.2. The van der Waals surface area contributed by atoms with Crippen LogP contribution in [0.1, 0.15) is 16.8 Å². The van der Waals surface area contributed by atoms with Crippen LogP contribution in [-0.2, 0) is 5.75 Å². The number of nitrogens with two attached hydrogens (primary N) is 1. The summed E-state index contributed by atoms with van der Waals surface area (Å²) in [6.45, 7) is 2.02. The number of thioether (sulfide) groups is 1. The van der Waals surface area contributed by atoms with Crippen molar-refractivity contribution in [1.82, 2.24) is 4.98 Å². The highest BCUT2D eigenvalue weighted by molar-refractivity contribution is 7.98. The molecule has 0 saturated carbocycles. The number of benzene rings is 1. The first-order valence-corrected chi connectivity index (χ1v) is 6.51. The van der Waals surface area contributed by atoms with Crippen LogP contribution in [0.15, 0.2) is 41.4 Å². The van der Waals surface area contributed by atoms with Crippen LogP contribution in [0.2, 0.25) is 0 Å². The van der Waals surface area contributed by atoms with Gasteiger partial charge in [0.25, 0.3) is 0 Å². The quantitative estimate of drug-likeness (QED) is 0.676. The normalized spacial score (nSPS) is 10.0. The maximum absolute atomic E-state index is 8.78. The Bertz CT molecular complexity index is 602. The zero-order valence-corrected chi connectivity index (χ0v) is 10.9. The molecule has 3 nitrogen and oxygen atoms in total. The van der Waals surface area contributed by atoms with Crippen LogP contribution in [-0.4, -0.2) is 4.98 Å². The van der Waals surface area contributed by atoms with Gasteiger partial charge in [-0.05, 0) is 42.3 Å². The first-order valence-electron chi connectivity index (χ1n) is 5.53. The number of anilines is 1. The summed E-state index contributed by atoms with van der Waals surface area (Å²) < 4.78 is 0. The molecule has 18 heavy (non-hydrogen) atoms. The van der Waals surface area contributed by atoms with E-state index in [0.717, 1.165) is 27.5 Å². The van der Waals surface area contributed by atoms with Crippen molar-refractivity contribution in [2.75, 3.05) is 5.73 Å². The van der Waals surface area contributed by atoms with Crippen molar-refractivity contribution in [3.8, 4) is 6.07 Å².